The monoisotopic (exact) mass is 216 g/mol. The zero-order chi connectivity index (χ0) is 11.2. The fourth-order valence-corrected chi connectivity index (χ4v) is 2.52. The Bertz CT molecular complexity index is 598. The Morgan fingerprint density at radius 2 is 2.27 bits per heavy atom. The Balaban J connectivity index is 3.06. The van der Waals surface area contributed by atoms with Gasteiger partial charge in [-0.3, -0.25) is 0 Å². The Kier molecular flexibility index (Phi) is 2.16. The van der Waals surface area contributed by atoms with Crippen LogP contribution in [0.2, 0.25) is 0 Å². The van der Waals surface area contributed by atoms with Crippen LogP contribution in [0.15, 0.2) is 6.07 Å². The summed E-state index contributed by atoms with van der Waals surface area (Å²) in [7, 11) is 5.63. The van der Waals surface area contributed by atoms with Crippen molar-refractivity contribution in [1.29, 1.82) is 5.26 Å². The number of nitrogen functional groups attached to an aromatic ring is 1. The standard InChI is InChI=1S/C10H6BFN2S/c1-4-6(11)2-7(12)9-8(4)5(3-13)10(14)15-9/h2H,14H2,1H3. The van der Waals surface area contributed by atoms with Gasteiger partial charge in [-0.15, -0.1) is 11.3 Å². The lowest BCUT2D eigenvalue weighted by atomic mass is 9.88. The second kappa shape index (κ2) is 3.25. The third-order valence-electron chi connectivity index (χ3n) is 2.35. The second-order valence-corrected chi connectivity index (χ2v) is 4.28. The number of nitrogens with zero attached hydrogens (tertiary/aromatic N) is 1. The summed E-state index contributed by atoms with van der Waals surface area (Å²) in [6, 6.07) is 3.24. The van der Waals surface area contributed by atoms with E-state index in [1.165, 1.54) is 6.07 Å². The zero-order valence-electron chi connectivity index (χ0n) is 7.97. The first-order chi connectivity index (χ1) is 7.06. The van der Waals surface area contributed by atoms with Gasteiger partial charge in [0.1, 0.15) is 24.7 Å². The van der Waals surface area contributed by atoms with Gasteiger partial charge >= 0.3 is 0 Å². The molecule has 0 atom stereocenters. The van der Waals surface area contributed by atoms with Crippen molar-refractivity contribution in [1.82, 2.24) is 0 Å². The van der Waals surface area contributed by atoms with Gasteiger partial charge in [-0.2, -0.15) is 5.26 Å². The van der Waals surface area contributed by atoms with E-state index in [1.54, 1.807) is 6.92 Å². The molecule has 0 saturated heterocycles. The molecule has 2 N–H and O–H groups in total. The molecule has 2 rings (SSSR count). The first-order valence-electron chi connectivity index (χ1n) is 4.23. The van der Waals surface area contributed by atoms with E-state index in [1.807, 2.05) is 6.07 Å². The van der Waals surface area contributed by atoms with Gasteiger partial charge in [0.2, 0.25) is 0 Å². The molecule has 0 aliphatic rings. The SMILES string of the molecule is [B]c1cc(F)c2sc(N)c(C#N)c2c1C. The Hall–Kier alpha value is -1.54. The highest BCUT2D eigenvalue weighted by atomic mass is 32.1. The molecule has 5 heteroatoms. The number of aryl methyl sites for hydroxylation is 1. The number of rotatable bonds is 0. The predicted molar refractivity (Wildman–Crippen MR) is 61.0 cm³/mol. The van der Waals surface area contributed by atoms with E-state index in [4.69, 9.17) is 18.8 Å². The number of benzene rings is 1. The van der Waals surface area contributed by atoms with Crippen LogP contribution in [0.3, 0.4) is 0 Å². The highest BCUT2D eigenvalue weighted by Crippen LogP contribution is 2.35. The van der Waals surface area contributed by atoms with Crippen LogP contribution >= 0.6 is 11.3 Å². The summed E-state index contributed by atoms with van der Waals surface area (Å²) in [5.74, 6) is -0.425. The number of thiophene rings is 1. The minimum Gasteiger partial charge on any atom is -0.389 e. The number of fused-ring (bicyclic) bond motifs is 1. The van der Waals surface area contributed by atoms with Crippen molar-refractivity contribution in [3.8, 4) is 6.07 Å². The Morgan fingerprint density at radius 3 is 2.87 bits per heavy atom. The van der Waals surface area contributed by atoms with Gasteiger partial charge < -0.3 is 5.73 Å². The number of halogens is 1. The maximum absolute atomic E-state index is 13.5. The number of anilines is 1. The largest absolute Gasteiger partial charge is 0.389 e. The summed E-state index contributed by atoms with van der Waals surface area (Å²) in [5, 5.41) is 9.80. The van der Waals surface area contributed by atoms with E-state index in [0.29, 0.717) is 31.7 Å². The van der Waals surface area contributed by atoms with E-state index < -0.39 is 5.82 Å². The molecule has 2 nitrogen and oxygen atoms in total. The van der Waals surface area contributed by atoms with Gasteiger partial charge in [0.25, 0.3) is 0 Å². The van der Waals surface area contributed by atoms with Gasteiger partial charge in [-0.25, -0.2) is 4.39 Å². The van der Waals surface area contributed by atoms with E-state index in [2.05, 4.69) is 0 Å². The van der Waals surface area contributed by atoms with Crippen molar-refractivity contribution in [2.24, 2.45) is 0 Å². The molecular weight excluding hydrogens is 210 g/mol. The molecule has 0 aliphatic heterocycles. The number of hydrogen-bond donors (Lipinski definition) is 1. The highest BCUT2D eigenvalue weighted by Gasteiger charge is 2.16. The number of hydrogen-bond acceptors (Lipinski definition) is 3. The minimum atomic E-state index is -0.425. The minimum absolute atomic E-state index is 0.318. The van der Waals surface area contributed by atoms with Crippen LogP contribution in [0.25, 0.3) is 10.1 Å². The molecule has 15 heavy (non-hydrogen) atoms. The van der Waals surface area contributed by atoms with E-state index in [-0.39, 0.29) is 0 Å². The molecule has 1 aromatic carbocycles. The van der Waals surface area contributed by atoms with Crippen LogP contribution < -0.4 is 11.2 Å². The summed E-state index contributed by atoms with van der Waals surface area (Å²) < 4.78 is 13.9. The molecule has 0 bridgehead atoms. The highest BCUT2D eigenvalue weighted by molar-refractivity contribution is 7.23. The van der Waals surface area contributed by atoms with E-state index >= 15 is 0 Å². The van der Waals surface area contributed by atoms with Crippen LogP contribution in [0.5, 0.6) is 0 Å². The van der Waals surface area contributed by atoms with Crippen molar-refractivity contribution in [2.75, 3.05) is 5.73 Å². The summed E-state index contributed by atoms with van der Waals surface area (Å²) >= 11 is 1.08. The fourth-order valence-electron chi connectivity index (χ4n) is 1.54. The third kappa shape index (κ3) is 1.30. The summed E-state index contributed by atoms with van der Waals surface area (Å²) in [5.41, 5.74) is 7.00. The normalized spacial score (nSPS) is 10.5. The first-order valence-corrected chi connectivity index (χ1v) is 5.04. The van der Waals surface area contributed by atoms with Crippen LogP contribution in [-0.2, 0) is 0 Å². The molecule has 0 aliphatic carbocycles. The molecule has 0 spiro atoms. The average Bonchev–Trinajstić information content (AvgIpc) is 2.52. The summed E-state index contributed by atoms with van der Waals surface area (Å²) in [6.45, 7) is 1.75. The number of nitrogens with two attached hydrogens (primary N) is 1. The third-order valence-corrected chi connectivity index (χ3v) is 3.38. The van der Waals surface area contributed by atoms with Crippen molar-refractivity contribution >= 4 is 39.7 Å². The fraction of sp³-hybridized carbons (Fsp3) is 0.100. The molecule has 0 saturated carbocycles. The second-order valence-electron chi connectivity index (χ2n) is 3.23. The quantitative estimate of drug-likeness (QED) is 0.680. The Morgan fingerprint density at radius 1 is 1.60 bits per heavy atom. The zero-order valence-corrected chi connectivity index (χ0v) is 8.78. The van der Waals surface area contributed by atoms with Gasteiger partial charge in [0.05, 0.1) is 10.3 Å². The molecule has 72 valence electrons. The maximum atomic E-state index is 13.5. The topological polar surface area (TPSA) is 49.8 Å². The Labute approximate surface area is 91.5 Å². The van der Waals surface area contributed by atoms with Crippen molar-refractivity contribution in [2.45, 2.75) is 6.92 Å². The van der Waals surface area contributed by atoms with Crippen molar-refractivity contribution in [3.63, 3.8) is 0 Å². The van der Waals surface area contributed by atoms with Gasteiger partial charge in [0, 0.05) is 5.39 Å². The van der Waals surface area contributed by atoms with Gasteiger partial charge in [-0.05, 0) is 18.6 Å². The molecular formula is C10H6BFN2S. The molecule has 0 amide bonds. The lowest BCUT2D eigenvalue weighted by molar-refractivity contribution is 0.642. The van der Waals surface area contributed by atoms with Crippen LogP contribution in [-0.4, -0.2) is 7.85 Å². The molecule has 1 heterocycles. The average molecular weight is 216 g/mol. The van der Waals surface area contributed by atoms with Gasteiger partial charge in [-0.1, -0.05) is 5.46 Å². The van der Waals surface area contributed by atoms with E-state index in [9.17, 15) is 4.39 Å². The molecule has 2 radical (unpaired) electrons. The van der Waals surface area contributed by atoms with Gasteiger partial charge in [0.15, 0.2) is 0 Å². The lowest BCUT2D eigenvalue weighted by Crippen LogP contribution is -2.08. The number of nitriles is 1. The van der Waals surface area contributed by atoms with E-state index in [0.717, 1.165) is 11.3 Å². The molecule has 0 unspecified atom stereocenters. The summed E-state index contributed by atoms with van der Waals surface area (Å²) in [6.07, 6.45) is 0. The molecule has 2 aromatic rings. The molecule has 1 aromatic heterocycles. The van der Waals surface area contributed by atoms with Crippen molar-refractivity contribution < 1.29 is 4.39 Å². The maximum Gasteiger partial charge on any atom is 0.140 e. The smallest absolute Gasteiger partial charge is 0.140 e. The lowest BCUT2D eigenvalue weighted by Gasteiger charge is -2.03. The van der Waals surface area contributed by atoms with Crippen molar-refractivity contribution in [3.05, 3.63) is 23.0 Å². The predicted octanol–water partition coefficient (Wildman–Crippen LogP) is 1.60. The summed E-state index contributed by atoms with van der Waals surface area (Å²) in [4.78, 5) is 0. The van der Waals surface area contributed by atoms with Crippen LogP contribution in [0, 0.1) is 24.1 Å². The molecule has 0 fully saturated rings. The first kappa shape index (κ1) is 10.00. The van der Waals surface area contributed by atoms with Crippen LogP contribution in [0.1, 0.15) is 11.1 Å². The van der Waals surface area contributed by atoms with Crippen LogP contribution in [0.4, 0.5) is 9.39 Å².